The van der Waals surface area contributed by atoms with Crippen LogP contribution in [0.2, 0.25) is 5.02 Å². The first kappa shape index (κ1) is 23.6. The van der Waals surface area contributed by atoms with Crippen molar-refractivity contribution < 1.29 is 19.1 Å². The summed E-state index contributed by atoms with van der Waals surface area (Å²) in [4.78, 5) is 40.7. The van der Waals surface area contributed by atoms with Crippen LogP contribution in [0.3, 0.4) is 0 Å². The summed E-state index contributed by atoms with van der Waals surface area (Å²) in [6.45, 7) is 9.01. The van der Waals surface area contributed by atoms with Gasteiger partial charge >= 0.3 is 6.09 Å². The van der Waals surface area contributed by atoms with Gasteiger partial charge in [0.2, 0.25) is 5.91 Å². The molecule has 0 spiro atoms. The van der Waals surface area contributed by atoms with E-state index in [4.69, 9.17) is 16.3 Å². The van der Waals surface area contributed by atoms with E-state index in [0.717, 1.165) is 0 Å². The molecule has 1 fully saturated rings. The third-order valence-electron chi connectivity index (χ3n) is 5.51. The second kappa shape index (κ2) is 9.60. The predicted molar refractivity (Wildman–Crippen MR) is 118 cm³/mol. The number of aryl methyl sites for hydroxylation is 2. The van der Waals surface area contributed by atoms with Gasteiger partial charge in [0.25, 0.3) is 5.91 Å². The van der Waals surface area contributed by atoms with Crippen molar-refractivity contribution in [2.45, 2.75) is 33.7 Å². The first-order valence-electron chi connectivity index (χ1n) is 10.4. The molecular formula is C20H28ClN7O4. The van der Waals surface area contributed by atoms with E-state index >= 15 is 0 Å². The molecule has 2 aromatic heterocycles. The zero-order valence-electron chi connectivity index (χ0n) is 18.9. The van der Waals surface area contributed by atoms with E-state index in [1.54, 1.807) is 50.7 Å². The van der Waals surface area contributed by atoms with E-state index < -0.39 is 11.9 Å². The van der Waals surface area contributed by atoms with Crippen molar-refractivity contribution in [2.75, 3.05) is 38.1 Å². The number of ether oxygens (including phenoxy) is 1. The zero-order chi connectivity index (χ0) is 23.6. The fraction of sp³-hybridized carbons (Fsp3) is 0.550. The lowest BCUT2D eigenvalue weighted by Crippen LogP contribution is -2.52. The van der Waals surface area contributed by atoms with Gasteiger partial charge in [0.1, 0.15) is 6.04 Å². The van der Waals surface area contributed by atoms with Crippen LogP contribution in [0.4, 0.5) is 10.5 Å². The number of rotatable bonds is 5. The summed E-state index contributed by atoms with van der Waals surface area (Å²) in [5, 5.41) is 11.6. The molecule has 12 heteroatoms. The lowest BCUT2D eigenvalue weighted by molar-refractivity contribution is -0.136. The summed E-state index contributed by atoms with van der Waals surface area (Å²) in [6, 6.07) is -0.575. The molecule has 0 aliphatic carbocycles. The van der Waals surface area contributed by atoms with E-state index in [-0.39, 0.29) is 17.7 Å². The van der Waals surface area contributed by atoms with Gasteiger partial charge in [0, 0.05) is 39.4 Å². The molecule has 11 nitrogen and oxygen atoms in total. The molecule has 1 saturated heterocycles. The van der Waals surface area contributed by atoms with Crippen LogP contribution in [0.25, 0.3) is 0 Å². The van der Waals surface area contributed by atoms with Crippen LogP contribution in [-0.4, -0.2) is 80.1 Å². The largest absolute Gasteiger partial charge is 0.450 e. The monoisotopic (exact) mass is 465 g/mol. The fourth-order valence-electron chi connectivity index (χ4n) is 3.41. The minimum absolute atomic E-state index is 0.114. The number of hydrogen-bond donors (Lipinski definition) is 1. The van der Waals surface area contributed by atoms with Gasteiger partial charge in [-0.05, 0) is 27.7 Å². The molecule has 0 bridgehead atoms. The van der Waals surface area contributed by atoms with E-state index in [2.05, 4.69) is 15.5 Å². The van der Waals surface area contributed by atoms with Crippen LogP contribution in [0.1, 0.15) is 41.8 Å². The Labute approximate surface area is 191 Å². The van der Waals surface area contributed by atoms with Gasteiger partial charge in [-0.15, -0.1) is 0 Å². The van der Waals surface area contributed by atoms with Gasteiger partial charge in [0.05, 0.1) is 28.7 Å². The van der Waals surface area contributed by atoms with E-state index in [1.165, 1.54) is 9.36 Å². The maximum absolute atomic E-state index is 13.0. The topological polar surface area (TPSA) is 115 Å². The van der Waals surface area contributed by atoms with Crippen molar-refractivity contribution >= 4 is 35.2 Å². The number of carbonyl (C=O) groups excluding carboxylic acids is 3. The molecule has 2 aromatic rings. The smallest absolute Gasteiger partial charge is 0.409 e. The van der Waals surface area contributed by atoms with Crippen molar-refractivity contribution in [3.8, 4) is 0 Å². The molecule has 1 unspecified atom stereocenters. The van der Waals surface area contributed by atoms with Gasteiger partial charge in [-0.1, -0.05) is 11.6 Å². The SMILES string of the molecule is CCOC(=O)N1CCN(C(=O)C(C)n2cc(NC(=O)c3nn(C)c(C)c3Cl)c(C)n2)CC1. The molecule has 3 rings (SSSR count). The number of hydrogen-bond acceptors (Lipinski definition) is 6. The Hall–Kier alpha value is -3.08. The number of aromatic nitrogens is 4. The number of nitrogens with zero attached hydrogens (tertiary/aromatic N) is 6. The van der Waals surface area contributed by atoms with Crippen molar-refractivity contribution in [1.29, 1.82) is 0 Å². The Morgan fingerprint density at radius 2 is 1.78 bits per heavy atom. The molecular weight excluding hydrogens is 438 g/mol. The molecule has 1 aliphatic heterocycles. The lowest BCUT2D eigenvalue weighted by Gasteiger charge is -2.35. The van der Waals surface area contributed by atoms with Crippen LogP contribution in [0, 0.1) is 13.8 Å². The van der Waals surface area contributed by atoms with E-state index in [1.807, 2.05) is 0 Å². The molecule has 0 saturated carbocycles. The molecule has 0 radical (unpaired) electrons. The zero-order valence-corrected chi connectivity index (χ0v) is 19.6. The number of piperazine rings is 1. The first-order valence-corrected chi connectivity index (χ1v) is 10.8. The van der Waals surface area contributed by atoms with Crippen LogP contribution in [-0.2, 0) is 16.6 Å². The van der Waals surface area contributed by atoms with Crippen molar-refractivity contribution in [3.63, 3.8) is 0 Å². The molecule has 3 heterocycles. The second-order valence-corrected chi connectivity index (χ2v) is 8.00. The molecule has 1 N–H and O–H groups in total. The average molecular weight is 466 g/mol. The summed E-state index contributed by atoms with van der Waals surface area (Å²) < 4.78 is 8.07. The fourth-order valence-corrected chi connectivity index (χ4v) is 3.66. The molecule has 3 amide bonds. The minimum atomic E-state index is -0.575. The summed E-state index contributed by atoms with van der Waals surface area (Å²) in [5.41, 5.74) is 1.85. The Balaban J connectivity index is 1.64. The van der Waals surface area contributed by atoms with Gasteiger partial charge in [0.15, 0.2) is 5.69 Å². The Morgan fingerprint density at radius 3 is 2.34 bits per heavy atom. The second-order valence-electron chi connectivity index (χ2n) is 7.62. The predicted octanol–water partition coefficient (Wildman–Crippen LogP) is 2.00. The summed E-state index contributed by atoms with van der Waals surface area (Å²) >= 11 is 6.20. The average Bonchev–Trinajstić information content (AvgIpc) is 3.27. The Morgan fingerprint density at radius 1 is 1.16 bits per heavy atom. The van der Waals surface area contributed by atoms with Crippen LogP contribution >= 0.6 is 11.6 Å². The number of anilines is 1. The number of nitrogens with one attached hydrogen (secondary N) is 1. The normalized spacial score (nSPS) is 14.9. The number of halogens is 1. The van der Waals surface area contributed by atoms with Gasteiger partial charge < -0.3 is 19.9 Å². The molecule has 174 valence electrons. The van der Waals surface area contributed by atoms with Crippen LogP contribution in [0.5, 0.6) is 0 Å². The third-order valence-corrected chi connectivity index (χ3v) is 5.96. The first-order chi connectivity index (χ1) is 15.1. The van der Waals surface area contributed by atoms with Gasteiger partial charge in [-0.3, -0.25) is 19.0 Å². The lowest BCUT2D eigenvalue weighted by atomic mass is 10.2. The van der Waals surface area contributed by atoms with Crippen molar-refractivity contribution in [1.82, 2.24) is 29.4 Å². The van der Waals surface area contributed by atoms with Crippen molar-refractivity contribution in [2.24, 2.45) is 7.05 Å². The third kappa shape index (κ3) is 4.72. The minimum Gasteiger partial charge on any atom is -0.450 e. The molecule has 32 heavy (non-hydrogen) atoms. The van der Waals surface area contributed by atoms with Crippen LogP contribution in [0.15, 0.2) is 6.20 Å². The highest BCUT2D eigenvalue weighted by molar-refractivity contribution is 6.34. The van der Waals surface area contributed by atoms with Crippen LogP contribution < -0.4 is 5.32 Å². The van der Waals surface area contributed by atoms with E-state index in [0.29, 0.717) is 54.9 Å². The standard InChI is InChI=1S/C20H28ClN7O4/c1-6-32-20(31)27-9-7-26(8-10-27)19(30)14(4)28-11-15(12(2)23-28)22-18(29)17-16(21)13(3)25(5)24-17/h11,14H,6-10H2,1-5H3,(H,22,29). The number of amides is 3. The highest BCUT2D eigenvalue weighted by Crippen LogP contribution is 2.23. The Kier molecular flexibility index (Phi) is 7.07. The molecule has 1 aliphatic rings. The van der Waals surface area contributed by atoms with E-state index in [9.17, 15) is 14.4 Å². The van der Waals surface area contributed by atoms with Gasteiger partial charge in [-0.25, -0.2) is 4.79 Å². The highest BCUT2D eigenvalue weighted by atomic mass is 35.5. The highest BCUT2D eigenvalue weighted by Gasteiger charge is 2.29. The number of carbonyl (C=O) groups is 3. The van der Waals surface area contributed by atoms with Crippen molar-refractivity contribution in [3.05, 3.63) is 28.3 Å². The summed E-state index contributed by atoms with van der Waals surface area (Å²) in [5.74, 6) is -0.562. The molecule has 1 atom stereocenters. The maximum Gasteiger partial charge on any atom is 0.409 e. The summed E-state index contributed by atoms with van der Waals surface area (Å²) in [6.07, 6.45) is 1.26. The summed E-state index contributed by atoms with van der Waals surface area (Å²) in [7, 11) is 1.71. The van der Waals surface area contributed by atoms with Gasteiger partial charge in [-0.2, -0.15) is 10.2 Å². The maximum atomic E-state index is 13.0. The Bertz CT molecular complexity index is 1020. The quantitative estimate of drug-likeness (QED) is 0.722. The molecule has 0 aromatic carbocycles.